The zero-order valence-electron chi connectivity index (χ0n) is 13.3. The number of para-hydroxylation sites is 2. The first-order chi connectivity index (χ1) is 12.2. The van der Waals surface area contributed by atoms with E-state index in [0.717, 1.165) is 24.3 Å². The summed E-state index contributed by atoms with van der Waals surface area (Å²) in [6.45, 7) is -1.40. The van der Waals surface area contributed by atoms with Gasteiger partial charge < -0.3 is 19.4 Å². The van der Waals surface area contributed by atoms with E-state index >= 15 is 0 Å². The molecule has 1 saturated heterocycles. The van der Waals surface area contributed by atoms with Gasteiger partial charge in [-0.3, -0.25) is 0 Å². The van der Waals surface area contributed by atoms with Crippen molar-refractivity contribution >= 4 is 17.0 Å². The molecule has 4 rings (SSSR count). The predicted molar refractivity (Wildman–Crippen MR) is 90.3 cm³/mol. The number of hydrogen-bond donors (Lipinski definition) is 1. The van der Waals surface area contributed by atoms with Crippen molar-refractivity contribution < 1.29 is 13.5 Å². The van der Waals surface area contributed by atoms with Crippen LogP contribution in [0.5, 0.6) is 5.75 Å². The summed E-state index contributed by atoms with van der Waals surface area (Å²) in [6.07, 6.45) is 7.91. The van der Waals surface area contributed by atoms with Crippen LogP contribution in [0.15, 0.2) is 49.2 Å². The van der Waals surface area contributed by atoms with Gasteiger partial charge in [0.15, 0.2) is 5.82 Å². The average Bonchev–Trinajstić information content (AvgIpc) is 3.24. The van der Waals surface area contributed by atoms with Gasteiger partial charge in [0, 0.05) is 31.5 Å². The summed E-state index contributed by atoms with van der Waals surface area (Å²) < 4.78 is 31.7. The molecule has 1 atom stereocenters. The van der Waals surface area contributed by atoms with Crippen molar-refractivity contribution in [1.82, 2.24) is 14.4 Å². The molecule has 1 unspecified atom stereocenters. The first-order valence-corrected chi connectivity index (χ1v) is 8.03. The van der Waals surface area contributed by atoms with Gasteiger partial charge in [0.05, 0.1) is 18.2 Å². The van der Waals surface area contributed by atoms with Crippen LogP contribution in [0.3, 0.4) is 0 Å². The molecule has 1 N–H and O–H groups in total. The normalized spacial score (nSPS) is 17.4. The molecule has 1 aliphatic heterocycles. The molecule has 0 amide bonds. The van der Waals surface area contributed by atoms with Crippen LogP contribution in [-0.2, 0) is 0 Å². The van der Waals surface area contributed by atoms with Crippen molar-refractivity contribution in [3.05, 3.63) is 49.2 Å². The lowest BCUT2D eigenvalue weighted by Gasteiger charge is -2.22. The molecular weight excluding hydrogens is 328 g/mol. The number of aromatic nitrogens is 3. The molecular formula is C17H17F2N5O. The van der Waals surface area contributed by atoms with E-state index in [1.165, 1.54) is 0 Å². The maximum Gasteiger partial charge on any atom is 0.387 e. The molecule has 0 bridgehead atoms. The number of nitrogens with one attached hydrogen (secondary N) is 1. The number of anilines is 2. The lowest BCUT2D eigenvalue weighted by Crippen LogP contribution is -2.27. The number of fused-ring (bicyclic) bond motifs is 1. The highest BCUT2D eigenvalue weighted by Crippen LogP contribution is 2.32. The van der Waals surface area contributed by atoms with Crippen LogP contribution in [0.25, 0.3) is 5.52 Å². The third-order valence-electron chi connectivity index (χ3n) is 4.29. The summed E-state index contributed by atoms with van der Waals surface area (Å²) in [5.74, 6) is 0.970. The minimum absolute atomic E-state index is 0.160. The summed E-state index contributed by atoms with van der Waals surface area (Å²) in [4.78, 5) is 10.6. The molecule has 0 aliphatic carbocycles. The fourth-order valence-corrected chi connectivity index (χ4v) is 3.17. The van der Waals surface area contributed by atoms with E-state index in [1.807, 2.05) is 21.6 Å². The van der Waals surface area contributed by atoms with Crippen molar-refractivity contribution in [1.29, 1.82) is 0 Å². The monoisotopic (exact) mass is 345 g/mol. The second kappa shape index (κ2) is 6.54. The van der Waals surface area contributed by atoms with Crippen LogP contribution in [-0.4, -0.2) is 40.1 Å². The quantitative estimate of drug-likeness (QED) is 0.770. The average molecular weight is 345 g/mol. The summed E-state index contributed by atoms with van der Waals surface area (Å²) in [5.41, 5.74) is 1.59. The number of nitrogens with zero attached hydrogens (tertiary/aromatic N) is 4. The number of benzene rings is 1. The molecule has 0 saturated carbocycles. The zero-order chi connectivity index (χ0) is 17.2. The minimum atomic E-state index is -2.83. The second-order valence-corrected chi connectivity index (χ2v) is 5.88. The Morgan fingerprint density at radius 2 is 2.16 bits per heavy atom. The Hall–Kier alpha value is -2.90. The van der Waals surface area contributed by atoms with Crippen LogP contribution in [0.1, 0.15) is 6.42 Å². The molecule has 8 heteroatoms. The van der Waals surface area contributed by atoms with Gasteiger partial charge in [-0.05, 0) is 18.6 Å². The summed E-state index contributed by atoms with van der Waals surface area (Å²) in [7, 11) is 0. The molecule has 0 spiro atoms. The van der Waals surface area contributed by atoms with Gasteiger partial charge in [0.2, 0.25) is 0 Å². The zero-order valence-corrected chi connectivity index (χ0v) is 13.3. The van der Waals surface area contributed by atoms with E-state index in [4.69, 9.17) is 0 Å². The Bertz CT molecular complexity index is 869. The van der Waals surface area contributed by atoms with Crippen LogP contribution < -0.4 is 15.0 Å². The van der Waals surface area contributed by atoms with Gasteiger partial charge in [0.25, 0.3) is 0 Å². The van der Waals surface area contributed by atoms with Crippen LogP contribution in [0.2, 0.25) is 0 Å². The fourth-order valence-electron chi connectivity index (χ4n) is 3.17. The Morgan fingerprint density at radius 3 is 3.04 bits per heavy atom. The fraction of sp³-hybridized carbons (Fsp3) is 0.294. The highest BCUT2D eigenvalue weighted by atomic mass is 19.3. The Labute approximate surface area is 143 Å². The maximum atomic E-state index is 12.6. The van der Waals surface area contributed by atoms with E-state index in [9.17, 15) is 8.78 Å². The van der Waals surface area contributed by atoms with Crippen LogP contribution in [0, 0.1) is 0 Å². The number of ether oxygens (including phenoxy) is 1. The molecule has 1 aromatic carbocycles. The van der Waals surface area contributed by atoms with Crippen LogP contribution in [0.4, 0.5) is 20.3 Å². The van der Waals surface area contributed by atoms with Gasteiger partial charge >= 0.3 is 6.61 Å². The molecule has 1 fully saturated rings. The van der Waals surface area contributed by atoms with Gasteiger partial charge in [-0.25, -0.2) is 9.97 Å². The first-order valence-electron chi connectivity index (χ1n) is 8.03. The second-order valence-electron chi connectivity index (χ2n) is 5.88. The maximum absolute atomic E-state index is 12.6. The van der Waals surface area contributed by atoms with Gasteiger partial charge in [-0.2, -0.15) is 8.78 Å². The number of hydrogen-bond acceptors (Lipinski definition) is 5. The third kappa shape index (κ3) is 3.19. The molecule has 1 aliphatic rings. The molecule has 3 aromatic rings. The number of rotatable bonds is 5. The van der Waals surface area contributed by atoms with Gasteiger partial charge in [-0.15, -0.1) is 0 Å². The Kier molecular flexibility index (Phi) is 4.09. The minimum Gasteiger partial charge on any atom is -0.433 e. The summed E-state index contributed by atoms with van der Waals surface area (Å²) in [5, 5.41) is 3.43. The molecule has 2 aromatic heterocycles. The van der Waals surface area contributed by atoms with Crippen molar-refractivity contribution in [3.8, 4) is 5.75 Å². The molecule has 130 valence electrons. The van der Waals surface area contributed by atoms with E-state index in [2.05, 4.69) is 20.0 Å². The number of halogens is 2. The van der Waals surface area contributed by atoms with E-state index in [0.29, 0.717) is 12.2 Å². The SMILES string of the molecule is FC(F)Oc1ccccc1N1CCC(Nc2nccn3cncc23)C1. The molecule has 6 nitrogen and oxygen atoms in total. The molecule has 25 heavy (non-hydrogen) atoms. The predicted octanol–water partition coefficient (Wildman–Crippen LogP) is 3.02. The smallest absolute Gasteiger partial charge is 0.387 e. The van der Waals surface area contributed by atoms with E-state index in [1.54, 1.807) is 36.9 Å². The topological polar surface area (TPSA) is 54.7 Å². The molecule has 0 radical (unpaired) electrons. The number of alkyl halides is 2. The summed E-state index contributed by atoms with van der Waals surface area (Å²) in [6, 6.07) is 7.04. The van der Waals surface area contributed by atoms with E-state index in [-0.39, 0.29) is 11.8 Å². The van der Waals surface area contributed by atoms with Crippen molar-refractivity contribution in [2.75, 3.05) is 23.3 Å². The largest absolute Gasteiger partial charge is 0.433 e. The lowest BCUT2D eigenvalue weighted by molar-refractivity contribution is -0.0495. The number of imidazole rings is 1. The van der Waals surface area contributed by atoms with Crippen LogP contribution >= 0.6 is 0 Å². The third-order valence-corrected chi connectivity index (χ3v) is 4.29. The standard InChI is InChI=1S/C17H17F2N5O/c18-17(19)25-15-4-2-1-3-13(15)23-7-5-12(10-23)22-16-14-9-20-11-24(14)8-6-21-16/h1-4,6,8-9,11-12,17H,5,7,10H2,(H,21,22). The highest BCUT2D eigenvalue weighted by Gasteiger charge is 2.26. The Morgan fingerprint density at radius 1 is 1.28 bits per heavy atom. The summed E-state index contributed by atoms with van der Waals surface area (Å²) >= 11 is 0. The first kappa shape index (κ1) is 15.6. The van der Waals surface area contributed by atoms with Gasteiger partial charge in [-0.1, -0.05) is 12.1 Å². The van der Waals surface area contributed by atoms with Crippen molar-refractivity contribution in [3.63, 3.8) is 0 Å². The highest BCUT2D eigenvalue weighted by molar-refractivity contribution is 5.67. The lowest BCUT2D eigenvalue weighted by atomic mass is 10.2. The molecule has 3 heterocycles. The van der Waals surface area contributed by atoms with Crippen molar-refractivity contribution in [2.45, 2.75) is 19.1 Å². The van der Waals surface area contributed by atoms with Gasteiger partial charge in [0.1, 0.15) is 11.3 Å². The van der Waals surface area contributed by atoms with Crippen molar-refractivity contribution in [2.24, 2.45) is 0 Å². The Balaban J connectivity index is 1.50. The van der Waals surface area contributed by atoms with E-state index < -0.39 is 6.61 Å².